The molecule has 1 aromatic carbocycles. The minimum atomic E-state index is -1.80. The second kappa shape index (κ2) is 14.9. The van der Waals surface area contributed by atoms with Gasteiger partial charge in [0.25, 0.3) is 0 Å². The van der Waals surface area contributed by atoms with Gasteiger partial charge in [0, 0.05) is 0 Å². The zero-order valence-electron chi connectivity index (χ0n) is 19.3. The van der Waals surface area contributed by atoms with Crippen molar-refractivity contribution in [2.45, 2.75) is 101 Å². The van der Waals surface area contributed by atoms with Crippen molar-refractivity contribution in [2.24, 2.45) is 0 Å². The van der Waals surface area contributed by atoms with Gasteiger partial charge >= 0.3 is 121 Å². The molecule has 5 heteroatoms. The predicted molar refractivity (Wildman–Crippen MR) is 150 cm³/mol. The molecule has 0 nitrogen and oxygen atoms in total. The molecule has 4 aliphatic rings. The Hall–Kier alpha value is 0.633. The van der Waals surface area contributed by atoms with Gasteiger partial charge in [-0.3, -0.25) is 0 Å². The Labute approximate surface area is 214 Å². The standard InChI is InChI=1S/C15H14.2C6H13P.2ClH.Ru/c1-2-6-12(7-3-1)15-11-10-13-8-4-5-9-14(13)15;2*7-6-4-2-1-3-5-6;;;/h1-3,6-7,11H,4-5,8-9H2;2*6H,1-5,7H2;2*1H;/q;;;;;+2/p-2. The molecule has 2 fully saturated rings. The van der Waals surface area contributed by atoms with E-state index >= 15 is 0 Å². The number of benzene rings is 1. The molecule has 4 aliphatic carbocycles. The van der Waals surface area contributed by atoms with E-state index in [4.69, 9.17) is 19.4 Å². The molecular weight excluding hydrogens is 558 g/mol. The van der Waals surface area contributed by atoms with E-state index in [1.54, 1.807) is 0 Å². The van der Waals surface area contributed by atoms with Gasteiger partial charge in [-0.15, -0.1) is 18.5 Å². The minimum absolute atomic E-state index is 0.953. The molecule has 2 atom stereocenters. The molecular formula is C27H40Cl2P2Ru. The van der Waals surface area contributed by atoms with Gasteiger partial charge in [-0.25, -0.2) is 0 Å². The first-order valence-electron chi connectivity index (χ1n) is 12.4. The van der Waals surface area contributed by atoms with Crippen molar-refractivity contribution in [3.05, 3.63) is 53.1 Å². The summed E-state index contributed by atoms with van der Waals surface area (Å²) in [5, 5.41) is 0. The van der Waals surface area contributed by atoms with E-state index in [9.17, 15) is 0 Å². The van der Waals surface area contributed by atoms with E-state index in [0.29, 0.717) is 0 Å². The summed E-state index contributed by atoms with van der Waals surface area (Å²) < 4.78 is 1.26. The molecule has 1 aromatic rings. The molecule has 5 rings (SSSR count). The number of halogens is 2. The van der Waals surface area contributed by atoms with Crippen molar-refractivity contribution >= 4 is 47.5 Å². The zero-order valence-corrected chi connectivity index (χ0v) is 24.8. The monoisotopic (exact) mass is 598 g/mol. The summed E-state index contributed by atoms with van der Waals surface area (Å²) in [6, 6.07) is 10.6. The second-order valence-corrected chi connectivity index (χ2v) is 17.1. The molecule has 2 unspecified atom stereocenters. The Kier molecular flexibility index (Phi) is 12.7. The van der Waals surface area contributed by atoms with Crippen LogP contribution in [0.15, 0.2) is 47.6 Å². The first-order chi connectivity index (χ1) is 15.6. The maximum absolute atomic E-state index is 6.25. The third-order valence-electron chi connectivity index (χ3n) is 6.87. The van der Waals surface area contributed by atoms with E-state index in [2.05, 4.69) is 54.9 Å². The van der Waals surface area contributed by atoms with Crippen molar-refractivity contribution < 1.29 is 13.5 Å². The van der Waals surface area contributed by atoms with E-state index in [1.165, 1.54) is 110 Å². The Balaban J connectivity index is 0.000000169. The topological polar surface area (TPSA) is 0 Å². The maximum atomic E-state index is 6.25. The third kappa shape index (κ3) is 8.69. The van der Waals surface area contributed by atoms with Gasteiger partial charge in [0.2, 0.25) is 0 Å². The first kappa shape index (κ1) is 27.2. The molecule has 0 heterocycles. The fourth-order valence-electron chi connectivity index (χ4n) is 5.02. The molecule has 2 saturated carbocycles. The summed E-state index contributed by atoms with van der Waals surface area (Å²) in [6.07, 6.45) is 21.8. The van der Waals surface area contributed by atoms with Crippen molar-refractivity contribution in [2.75, 3.05) is 0 Å². The van der Waals surface area contributed by atoms with Crippen LogP contribution in [0.3, 0.4) is 0 Å². The molecule has 180 valence electrons. The van der Waals surface area contributed by atoms with Gasteiger partial charge < -0.3 is 0 Å². The first-order valence-corrected chi connectivity index (χ1v) is 19.1. The van der Waals surface area contributed by atoms with Crippen LogP contribution in [0.1, 0.15) is 95.5 Å². The van der Waals surface area contributed by atoms with Crippen LogP contribution in [-0.2, 0) is 13.5 Å². The van der Waals surface area contributed by atoms with E-state index in [0.717, 1.165) is 17.7 Å². The van der Waals surface area contributed by atoms with E-state index < -0.39 is 13.5 Å². The SMILES string of the molecule is PC1CCCCC1.PC1CCCCC1.[Cl][Ru]([Cl])=[C]1C=C(c2ccccc2)C2=C1CCCC2. The summed E-state index contributed by atoms with van der Waals surface area (Å²) in [5.41, 5.74) is 7.53. The summed E-state index contributed by atoms with van der Waals surface area (Å²) in [5.74, 6) is 0. The van der Waals surface area contributed by atoms with E-state index in [-0.39, 0.29) is 0 Å². The van der Waals surface area contributed by atoms with Crippen LogP contribution in [0.4, 0.5) is 0 Å². The van der Waals surface area contributed by atoms with E-state index in [1.807, 2.05) is 0 Å². The van der Waals surface area contributed by atoms with Gasteiger partial charge in [-0.2, -0.15) is 0 Å². The molecule has 0 amide bonds. The van der Waals surface area contributed by atoms with Gasteiger partial charge in [-0.1, -0.05) is 38.5 Å². The molecule has 32 heavy (non-hydrogen) atoms. The average Bonchev–Trinajstić information content (AvgIpc) is 3.22. The van der Waals surface area contributed by atoms with Gasteiger partial charge in [0.15, 0.2) is 0 Å². The number of hydrogen-bond donors (Lipinski definition) is 0. The van der Waals surface area contributed by atoms with Crippen molar-refractivity contribution in [3.63, 3.8) is 0 Å². The van der Waals surface area contributed by atoms with Crippen LogP contribution in [-0.4, -0.2) is 15.4 Å². The number of hydrogen-bond acceptors (Lipinski definition) is 0. The third-order valence-corrected chi connectivity index (χ3v) is 11.4. The molecule has 0 saturated heterocycles. The fourth-order valence-corrected chi connectivity index (χ4v) is 8.69. The van der Waals surface area contributed by atoms with Crippen LogP contribution in [0, 0.1) is 0 Å². The number of allylic oxidation sites excluding steroid dienone is 4. The van der Waals surface area contributed by atoms with Gasteiger partial charge in [0.05, 0.1) is 0 Å². The van der Waals surface area contributed by atoms with Crippen LogP contribution < -0.4 is 0 Å². The van der Waals surface area contributed by atoms with Crippen molar-refractivity contribution in [1.82, 2.24) is 0 Å². The van der Waals surface area contributed by atoms with Crippen LogP contribution in [0.2, 0.25) is 0 Å². The van der Waals surface area contributed by atoms with Crippen molar-refractivity contribution in [3.8, 4) is 0 Å². The summed E-state index contributed by atoms with van der Waals surface area (Å²) in [6.45, 7) is 0. The zero-order chi connectivity index (χ0) is 22.8. The van der Waals surface area contributed by atoms with Gasteiger partial charge in [-0.05, 0) is 37.0 Å². The predicted octanol–water partition coefficient (Wildman–Crippen LogP) is 9.44. The Bertz CT molecular complexity index is 784. The molecule has 0 N–H and O–H groups in total. The Morgan fingerprint density at radius 1 is 0.656 bits per heavy atom. The Morgan fingerprint density at radius 2 is 1.16 bits per heavy atom. The van der Waals surface area contributed by atoms with Crippen LogP contribution in [0.25, 0.3) is 5.57 Å². The fraction of sp³-hybridized carbons (Fsp3) is 0.593. The summed E-state index contributed by atoms with van der Waals surface area (Å²) >= 11 is -1.80. The molecule has 0 bridgehead atoms. The van der Waals surface area contributed by atoms with Crippen LogP contribution >= 0.6 is 37.9 Å². The summed E-state index contributed by atoms with van der Waals surface area (Å²) in [4.78, 5) is 0. The van der Waals surface area contributed by atoms with Gasteiger partial charge in [0.1, 0.15) is 0 Å². The summed E-state index contributed by atoms with van der Waals surface area (Å²) in [7, 11) is 18.3. The normalized spacial score (nSPS) is 22.2. The average molecular weight is 599 g/mol. The molecule has 0 spiro atoms. The van der Waals surface area contributed by atoms with Crippen LogP contribution in [0.5, 0.6) is 0 Å². The van der Waals surface area contributed by atoms with Crippen molar-refractivity contribution in [1.29, 1.82) is 0 Å². The molecule has 0 aromatic heterocycles. The second-order valence-electron chi connectivity index (χ2n) is 9.40. The molecule has 0 radical (unpaired) electrons. The number of rotatable bonds is 1. The Morgan fingerprint density at radius 3 is 1.59 bits per heavy atom. The molecule has 0 aliphatic heterocycles. The quantitative estimate of drug-likeness (QED) is 0.223.